The predicted octanol–water partition coefficient (Wildman–Crippen LogP) is 4.99. The van der Waals surface area contributed by atoms with Gasteiger partial charge in [0.25, 0.3) is 0 Å². The van der Waals surface area contributed by atoms with Crippen molar-refractivity contribution in [3.8, 4) is 5.75 Å². The molecule has 0 atom stereocenters. The van der Waals surface area contributed by atoms with Gasteiger partial charge in [-0.25, -0.2) is 39.0 Å². The summed E-state index contributed by atoms with van der Waals surface area (Å²) in [4.78, 5) is 40.0. The van der Waals surface area contributed by atoms with Crippen LogP contribution in [0.3, 0.4) is 0 Å². The van der Waals surface area contributed by atoms with Crippen LogP contribution in [0.1, 0.15) is 83.9 Å². The van der Waals surface area contributed by atoms with Crippen molar-refractivity contribution < 1.29 is 41.0 Å². The topological polar surface area (TPSA) is 265 Å². The molecular formula is C37H56N10O9S2. The smallest absolute Gasteiger partial charge is 0.422 e. The van der Waals surface area contributed by atoms with Gasteiger partial charge in [0.1, 0.15) is 41.2 Å². The van der Waals surface area contributed by atoms with E-state index in [-0.39, 0.29) is 18.8 Å². The molecule has 0 aliphatic heterocycles. The number of aromatic hydroxyl groups is 1. The molecule has 2 aromatic carbocycles. The first-order valence-corrected chi connectivity index (χ1v) is 21.5. The number of nitrogens with zero attached hydrogens (tertiary/aromatic N) is 4. The molecule has 58 heavy (non-hydrogen) atoms. The lowest BCUT2D eigenvalue weighted by Crippen LogP contribution is -2.43. The van der Waals surface area contributed by atoms with E-state index in [1.165, 1.54) is 23.8 Å². The molecule has 2 aromatic heterocycles. The third kappa shape index (κ3) is 16.8. The molecule has 0 saturated carbocycles. The lowest BCUT2D eigenvalue weighted by atomic mass is 10.1. The van der Waals surface area contributed by atoms with Crippen LogP contribution >= 0.6 is 0 Å². The number of phenolic OH excluding ortho intramolecular Hbond substituents is 1. The Bertz CT molecular complexity index is 2100. The van der Waals surface area contributed by atoms with Crippen LogP contribution in [0.25, 0.3) is 21.8 Å². The molecule has 0 unspecified atom stereocenters. The van der Waals surface area contributed by atoms with E-state index in [2.05, 4.69) is 46.1 Å². The second-order valence-corrected chi connectivity index (χ2v) is 18.3. The number of aromatic nitrogens is 4. The number of anilines is 2. The van der Waals surface area contributed by atoms with E-state index < -0.39 is 43.8 Å². The summed E-state index contributed by atoms with van der Waals surface area (Å²) < 4.78 is 65.4. The van der Waals surface area contributed by atoms with Crippen LogP contribution in [0, 0.1) is 20.8 Å². The van der Waals surface area contributed by atoms with Gasteiger partial charge < -0.3 is 25.2 Å². The Hall–Kier alpha value is -5.12. The van der Waals surface area contributed by atoms with E-state index >= 15 is 0 Å². The molecule has 320 valence electrons. The van der Waals surface area contributed by atoms with Crippen molar-refractivity contribution in [2.75, 3.05) is 36.8 Å². The quantitative estimate of drug-likeness (QED) is 0.0732. The van der Waals surface area contributed by atoms with Crippen LogP contribution in [0.4, 0.5) is 21.2 Å². The number of aryl methyl sites for hydroxylation is 3. The fourth-order valence-electron chi connectivity index (χ4n) is 5.01. The van der Waals surface area contributed by atoms with Crippen LogP contribution in [-0.4, -0.2) is 91.4 Å². The van der Waals surface area contributed by atoms with Crippen molar-refractivity contribution in [1.29, 1.82) is 0 Å². The second kappa shape index (κ2) is 20.5. The molecule has 2 heterocycles. The maximum atomic E-state index is 11.8. The minimum absolute atomic E-state index is 0.164. The van der Waals surface area contributed by atoms with Gasteiger partial charge >= 0.3 is 32.6 Å². The van der Waals surface area contributed by atoms with E-state index in [1.807, 2.05) is 30.7 Å². The standard InChI is InChI=1S/C19H29N5O4S.C18H27N5O5S/c1-13-10-15-16(11-14(13)2)21-12-22-17(15)20-8-6-7-9-23-29(26,27)24-18(25)28-19(3,4)5;1-12-9-13-14(10-15(12)24)20-11-21-16(13)19-7-5-6-8-22-29(26,27)23-17(25)28-18(2,3)4/h10-12,23H,6-9H2,1-5H3,(H,24,25)(H,20,21,22);9-11,22,24H,5-8H2,1-4H3,(H,23,25)(H,19,20,21). The van der Waals surface area contributed by atoms with Crippen molar-refractivity contribution >= 4 is 66.0 Å². The van der Waals surface area contributed by atoms with Crippen molar-refractivity contribution in [2.24, 2.45) is 0 Å². The Morgan fingerprint density at radius 2 is 0.966 bits per heavy atom. The molecule has 0 aliphatic rings. The summed E-state index contributed by atoms with van der Waals surface area (Å²) in [5.74, 6) is 1.57. The number of fused-ring (bicyclic) bond motifs is 2. The Morgan fingerprint density at radius 3 is 1.40 bits per heavy atom. The lowest BCUT2D eigenvalue weighted by molar-refractivity contribution is 0.0557. The molecule has 0 aliphatic carbocycles. The van der Waals surface area contributed by atoms with Gasteiger partial charge in [-0.15, -0.1) is 0 Å². The summed E-state index contributed by atoms with van der Waals surface area (Å²) in [5, 5.41) is 18.0. The van der Waals surface area contributed by atoms with Gasteiger partial charge in [0.2, 0.25) is 0 Å². The first kappa shape index (κ1) is 47.3. The molecule has 4 rings (SSSR count). The van der Waals surface area contributed by atoms with Crippen LogP contribution in [0.2, 0.25) is 0 Å². The number of unbranched alkanes of at least 4 members (excludes halogenated alkanes) is 2. The first-order chi connectivity index (χ1) is 26.9. The van der Waals surface area contributed by atoms with Gasteiger partial charge in [-0.2, -0.15) is 26.3 Å². The Morgan fingerprint density at radius 1 is 0.586 bits per heavy atom. The van der Waals surface area contributed by atoms with Crippen LogP contribution in [0.15, 0.2) is 36.9 Å². The van der Waals surface area contributed by atoms with E-state index in [1.54, 1.807) is 59.3 Å². The van der Waals surface area contributed by atoms with Gasteiger partial charge in [-0.1, -0.05) is 0 Å². The van der Waals surface area contributed by atoms with Crippen molar-refractivity contribution in [2.45, 2.75) is 99.2 Å². The lowest BCUT2D eigenvalue weighted by Gasteiger charge is -2.19. The summed E-state index contributed by atoms with van der Waals surface area (Å²) >= 11 is 0. The molecule has 0 fully saturated rings. The number of carbonyl (C=O) groups is 2. The Kier molecular flexibility index (Phi) is 16.7. The molecule has 0 spiro atoms. The number of amides is 2. The van der Waals surface area contributed by atoms with E-state index in [0.717, 1.165) is 27.7 Å². The minimum atomic E-state index is -3.97. The number of rotatable bonds is 16. The van der Waals surface area contributed by atoms with Gasteiger partial charge in [0.15, 0.2) is 0 Å². The zero-order valence-electron chi connectivity index (χ0n) is 34.4. The van der Waals surface area contributed by atoms with Crippen LogP contribution in [-0.2, 0) is 29.9 Å². The molecule has 4 aromatic rings. The third-order valence-corrected chi connectivity index (χ3v) is 9.85. The maximum Gasteiger partial charge on any atom is 0.422 e. The van der Waals surface area contributed by atoms with Crippen molar-refractivity contribution in [1.82, 2.24) is 38.8 Å². The number of hydrogen-bond acceptors (Lipinski definition) is 15. The van der Waals surface area contributed by atoms with Gasteiger partial charge in [0.05, 0.1) is 11.0 Å². The SMILES string of the molecule is Cc1cc2c(NCCCCNS(=O)(=O)NC(=O)OC(C)(C)C)ncnc2cc1O.Cc1cc2ncnc(NCCCCNS(=O)(=O)NC(=O)OC(C)(C)C)c2cc1C. The number of benzene rings is 2. The largest absolute Gasteiger partial charge is 0.508 e. The Labute approximate surface area is 340 Å². The second-order valence-electron chi connectivity index (χ2n) is 15.3. The molecular weight excluding hydrogens is 793 g/mol. The fraction of sp³-hybridized carbons (Fsp3) is 0.514. The third-order valence-electron chi connectivity index (χ3n) is 7.81. The summed E-state index contributed by atoms with van der Waals surface area (Å²) in [6.07, 6.45) is 3.42. The highest BCUT2D eigenvalue weighted by Gasteiger charge is 2.22. The van der Waals surface area contributed by atoms with Gasteiger partial charge in [-0.05, 0) is 123 Å². The van der Waals surface area contributed by atoms with Gasteiger partial charge in [-0.3, -0.25) is 0 Å². The zero-order valence-corrected chi connectivity index (χ0v) is 36.1. The van der Waals surface area contributed by atoms with E-state index in [9.17, 15) is 31.5 Å². The molecule has 0 radical (unpaired) electrons. The maximum absolute atomic E-state index is 11.8. The number of ether oxygens (including phenoxy) is 2. The molecule has 21 heteroatoms. The highest BCUT2D eigenvalue weighted by atomic mass is 32.2. The minimum Gasteiger partial charge on any atom is -0.508 e. The fourth-order valence-corrected chi connectivity index (χ4v) is 6.51. The number of phenols is 1. The number of hydrogen-bond donors (Lipinski definition) is 7. The first-order valence-electron chi connectivity index (χ1n) is 18.6. The molecule has 19 nitrogen and oxygen atoms in total. The summed E-state index contributed by atoms with van der Waals surface area (Å²) in [7, 11) is -7.92. The van der Waals surface area contributed by atoms with Crippen LogP contribution < -0.4 is 29.5 Å². The average Bonchev–Trinajstić information content (AvgIpc) is 3.07. The number of nitrogens with one attached hydrogen (secondary N) is 6. The molecule has 2 amide bonds. The summed E-state index contributed by atoms with van der Waals surface area (Å²) in [6, 6.07) is 7.49. The summed E-state index contributed by atoms with van der Waals surface area (Å²) in [5.41, 5.74) is 3.03. The van der Waals surface area contributed by atoms with E-state index in [4.69, 9.17) is 9.47 Å². The monoisotopic (exact) mass is 848 g/mol. The number of carbonyl (C=O) groups excluding carboxylic acids is 2. The summed E-state index contributed by atoms with van der Waals surface area (Å²) in [6.45, 7) is 17.3. The van der Waals surface area contributed by atoms with Gasteiger partial charge in [0, 0.05) is 43.0 Å². The highest BCUT2D eigenvalue weighted by Crippen LogP contribution is 2.27. The molecule has 0 bridgehead atoms. The van der Waals surface area contributed by atoms with Crippen LogP contribution in [0.5, 0.6) is 5.75 Å². The Balaban J connectivity index is 0.000000310. The highest BCUT2D eigenvalue weighted by molar-refractivity contribution is 7.88. The van der Waals surface area contributed by atoms with E-state index in [0.29, 0.717) is 50.1 Å². The predicted molar refractivity (Wildman–Crippen MR) is 223 cm³/mol. The van der Waals surface area contributed by atoms with Crippen molar-refractivity contribution in [3.05, 3.63) is 53.6 Å². The average molecular weight is 849 g/mol. The molecule has 0 saturated heterocycles. The molecule has 7 N–H and O–H groups in total. The normalized spacial score (nSPS) is 12.0. The van der Waals surface area contributed by atoms with Crippen molar-refractivity contribution in [3.63, 3.8) is 0 Å². The zero-order chi connectivity index (χ0) is 43.3.